The van der Waals surface area contributed by atoms with E-state index in [1.165, 1.54) is 12.8 Å². The van der Waals surface area contributed by atoms with E-state index >= 15 is 0 Å². The molecule has 0 aromatic carbocycles. The zero-order chi connectivity index (χ0) is 18.4. The van der Waals surface area contributed by atoms with E-state index in [2.05, 4.69) is 27.7 Å². The lowest BCUT2D eigenvalue weighted by Crippen LogP contribution is -2.19. The third kappa shape index (κ3) is 11.5. The van der Waals surface area contributed by atoms with Gasteiger partial charge in [-0.25, -0.2) is 0 Å². The minimum absolute atomic E-state index is 0.0848. The first-order chi connectivity index (χ1) is 11.5. The van der Waals surface area contributed by atoms with Crippen LogP contribution >= 0.6 is 0 Å². The van der Waals surface area contributed by atoms with Crippen LogP contribution in [0.5, 0.6) is 0 Å². The van der Waals surface area contributed by atoms with Gasteiger partial charge in [0.2, 0.25) is 0 Å². The van der Waals surface area contributed by atoms with Gasteiger partial charge in [-0.05, 0) is 38.0 Å². The lowest BCUT2D eigenvalue weighted by atomic mass is 9.97. The van der Waals surface area contributed by atoms with Gasteiger partial charge < -0.3 is 9.47 Å². The van der Waals surface area contributed by atoms with Gasteiger partial charge >= 0.3 is 11.9 Å². The predicted octanol–water partition coefficient (Wildman–Crippen LogP) is 5.28. The second kappa shape index (κ2) is 14.3. The smallest absolute Gasteiger partial charge is 0.306 e. The first kappa shape index (κ1) is 22.9. The van der Waals surface area contributed by atoms with Crippen LogP contribution in [0, 0.1) is 11.8 Å². The molecule has 0 heterocycles. The molecule has 4 nitrogen and oxygen atoms in total. The second-order valence-electron chi connectivity index (χ2n) is 6.76. The van der Waals surface area contributed by atoms with Gasteiger partial charge in [-0.3, -0.25) is 9.59 Å². The Morgan fingerprint density at radius 3 is 1.92 bits per heavy atom. The summed E-state index contributed by atoms with van der Waals surface area (Å²) in [4.78, 5) is 23.4. The van der Waals surface area contributed by atoms with Gasteiger partial charge in [0, 0.05) is 0 Å². The lowest BCUT2D eigenvalue weighted by molar-refractivity contribution is -0.153. The summed E-state index contributed by atoms with van der Waals surface area (Å²) in [5.41, 5.74) is 0. The van der Waals surface area contributed by atoms with Crippen molar-refractivity contribution in [2.24, 2.45) is 11.8 Å². The van der Waals surface area contributed by atoms with Gasteiger partial charge in [0.25, 0.3) is 0 Å². The Morgan fingerprint density at radius 2 is 1.38 bits per heavy atom. The van der Waals surface area contributed by atoms with E-state index in [0.717, 1.165) is 38.0 Å². The molecule has 0 radical (unpaired) electrons. The first-order valence-corrected chi connectivity index (χ1v) is 9.81. The van der Waals surface area contributed by atoms with Gasteiger partial charge in [-0.15, -0.1) is 0 Å². The number of carbonyl (C=O) groups excluding carboxylic acids is 2. The monoisotopic (exact) mass is 342 g/mol. The van der Waals surface area contributed by atoms with Crippen molar-refractivity contribution >= 4 is 11.9 Å². The van der Waals surface area contributed by atoms with Crippen LogP contribution in [0.2, 0.25) is 0 Å². The van der Waals surface area contributed by atoms with Gasteiger partial charge in [-0.1, -0.05) is 53.4 Å². The Bertz CT molecular complexity index is 333. The molecule has 0 N–H and O–H groups in total. The van der Waals surface area contributed by atoms with Gasteiger partial charge in [0.15, 0.2) is 0 Å². The highest BCUT2D eigenvalue weighted by atomic mass is 16.5. The molecule has 0 aliphatic rings. The number of ether oxygens (including phenoxy) is 2. The van der Waals surface area contributed by atoms with Gasteiger partial charge in [0.1, 0.15) is 0 Å². The van der Waals surface area contributed by atoms with Crippen LogP contribution in [0.15, 0.2) is 0 Å². The molecule has 0 saturated carbocycles. The Hall–Kier alpha value is -1.06. The summed E-state index contributed by atoms with van der Waals surface area (Å²) in [6, 6.07) is 0. The molecule has 0 rings (SSSR count). The summed E-state index contributed by atoms with van der Waals surface area (Å²) in [6.07, 6.45) is 7.56. The maximum absolute atomic E-state index is 11.8. The highest BCUT2D eigenvalue weighted by Gasteiger charge is 2.15. The molecule has 0 saturated heterocycles. The maximum Gasteiger partial charge on any atom is 0.306 e. The average molecular weight is 343 g/mol. The molecule has 24 heavy (non-hydrogen) atoms. The molecule has 0 fully saturated rings. The summed E-state index contributed by atoms with van der Waals surface area (Å²) in [6.45, 7) is 11.1. The van der Waals surface area contributed by atoms with Crippen LogP contribution in [-0.4, -0.2) is 24.6 Å². The first-order valence-electron chi connectivity index (χ1n) is 9.81. The van der Waals surface area contributed by atoms with Crippen LogP contribution in [0.1, 0.15) is 92.4 Å². The number of hydrogen-bond donors (Lipinski definition) is 0. The number of rotatable bonds is 14. The molecule has 0 amide bonds. The molecule has 0 aromatic heterocycles. The average Bonchev–Trinajstić information content (AvgIpc) is 2.57. The van der Waals surface area contributed by atoms with E-state index in [-0.39, 0.29) is 30.9 Å². The van der Waals surface area contributed by atoms with Crippen molar-refractivity contribution in [3.8, 4) is 0 Å². The topological polar surface area (TPSA) is 52.6 Å². The number of hydrogen-bond acceptors (Lipinski definition) is 4. The fourth-order valence-electron chi connectivity index (χ4n) is 2.95. The summed E-state index contributed by atoms with van der Waals surface area (Å²) >= 11 is 0. The molecule has 0 bridgehead atoms. The number of carbonyl (C=O) groups is 2. The molecule has 0 aliphatic carbocycles. The largest absolute Gasteiger partial charge is 0.466 e. The molecule has 4 heteroatoms. The van der Waals surface area contributed by atoms with Crippen molar-refractivity contribution in [1.82, 2.24) is 0 Å². The van der Waals surface area contributed by atoms with Crippen LogP contribution in [0.25, 0.3) is 0 Å². The molecule has 1 atom stereocenters. The third-order valence-electron chi connectivity index (χ3n) is 4.86. The summed E-state index contributed by atoms with van der Waals surface area (Å²) < 4.78 is 10.6. The second-order valence-corrected chi connectivity index (χ2v) is 6.76. The lowest BCUT2D eigenvalue weighted by Gasteiger charge is -2.18. The van der Waals surface area contributed by atoms with Crippen LogP contribution < -0.4 is 0 Å². The summed E-state index contributed by atoms with van der Waals surface area (Å²) in [5, 5.41) is 0. The number of esters is 2. The normalized spacial score (nSPS) is 12.5. The Balaban J connectivity index is 3.80. The minimum atomic E-state index is -0.303. The maximum atomic E-state index is 11.8. The highest BCUT2D eigenvalue weighted by molar-refractivity contribution is 5.77. The van der Waals surface area contributed by atoms with Gasteiger partial charge in [-0.2, -0.15) is 0 Å². The molecular formula is C20H38O4. The SMILES string of the molecule is CCC(CC)CCCOC(=O)CCC(=O)OC(C)CC(CC)CC. The molecule has 0 aromatic rings. The summed E-state index contributed by atoms with van der Waals surface area (Å²) in [7, 11) is 0. The molecule has 142 valence electrons. The third-order valence-corrected chi connectivity index (χ3v) is 4.86. The predicted molar refractivity (Wildman–Crippen MR) is 97.7 cm³/mol. The zero-order valence-corrected chi connectivity index (χ0v) is 16.4. The van der Waals surface area contributed by atoms with E-state index in [9.17, 15) is 9.59 Å². The fourth-order valence-corrected chi connectivity index (χ4v) is 2.95. The van der Waals surface area contributed by atoms with E-state index in [1.54, 1.807) is 0 Å². The van der Waals surface area contributed by atoms with Crippen molar-refractivity contribution < 1.29 is 19.1 Å². The van der Waals surface area contributed by atoms with Gasteiger partial charge in [0.05, 0.1) is 25.6 Å². The zero-order valence-electron chi connectivity index (χ0n) is 16.4. The Labute approximate surface area is 148 Å². The van der Waals surface area contributed by atoms with Crippen molar-refractivity contribution in [2.45, 2.75) is 98.5 Å². The van der Waals surface area contributed by atoms with Crippen molar-refractivity contribution in [1.29, 1.82) is 0 Å². The highest BCUT2D eigenvalue weighted by Crippen LogP contribution is 2.17. The molecule has 1 unspecified atom stereocenters. The standard InChI is InChI=1S/C20H38O4/c1-6-17(7-2)11-10-14-23-19(21)12-13-20(22)24-16(5)15-18(8-3)9-4/h16-18H,6-15H2,1-5H3. The fraction of sp³-hybridized carbons (Fsp3) is 0.900. The molecular weight excluding hydrogens is 304 g/mol. The van der Waals surface area contributed by atoms with Crippen LogP contribution in [-0.2, 0) is 19.1 Å². The van der Waals surface area contributed by atoms with E-state index in [0.29, 0.717) is 12.5 Å². The summed E-state index contributed by atoms with van der Waals surface area (Å²) in [5.74, 6) is 0.703. The molecule has 0 aliphatic heterocycles. The van der Waals surface area contributed by atoms with Crippen molar-refractivity contribution in [3.63, 3.8) is 0 Å². The Morgan fingerprint density at radius 1 is 0.833 bits per heavy atom. The van der Waals surface area contributed by atoms with Crippen LogP contribution in [0.4, 0.5) is 0 Å². The molecule has 0 spiro atoms. The minimum Gasteiger partial charge on any atom is -0.466 e. The van der Waals surface area contributed by atoms with Crippen LogP contribution in [0.3, 0.4) is 0 Å². The quantitative estimate of drug-likeness (QED) is 0.318. The van der Waals surface area contributed by atoms with E-state index < -0.39 is 0 Å². The van der Waals surface area contributed by atoms with E-state index in [1.807, 2.05) is 6.92 Å². The van der Waals surface area contributed by atoms with E-state index in [4.69, 9.17) is 9.47 Å². The van der Waals surface area contributed by atoms with Crippen molar-refractivity contribution in [2.75, 3.05) is 6.61 Å². The van der Waals surface area contributed by atoms with Crippen molar-refractivity contribution in [3.05, 3.63) is 0 Å². The Kier molecular flexibility index (Phi) is 13.7.